The van der Waals surface area contributed by atoms with Crippen LogP contribution in [-0.2, 0) is 22.3 Å². The first kappa shape index (κ1) is 45.8. The van der Waals surface area contributed by atoms with Gasteiger partial charge in [-0.1, -0.05) is 136 Å². The molecule has 0 saturated carbocycles. The lowest BCUT2D eigenvalue weighted by Gasteiger charge is -2.23. The Morgan fingerprint density at radius 3 is 1.09 bits per heavy atom. The van der Waals surface area contributed by atoms with E-state index in [9.17, 15) is 10.2 Å². The number of fused-ring (bicyclic) bond motifs is 3. The Labute approximate surface area is 388 Å². The Bertz CT molecular complexity index is 2750. The first-order chi connectivity index (χ1) is 32.3. The molecule has 66 heavy (non-hydrogen) atoms. The van der Waals surface area contributed by atoms with Gasteiger partial charge in [-0.15, -0.1) is 0 Å². The second-order valence-electron chi connectivity index (χ2n) is 16.6. The highest BCUT2D eigenvalue weighted by Crippen LogP contribution is 2.53. The van der Waals surface area contributed by atoms with Crippen LogP contribution >= 0.6 is 0 Å². The van der Waals surface area contributed by atoms with Gasteiger partial charge < -0.3 is 38.6 Å². The third kappa shape index (κ3) is 9.21. The van der Waals surface area contributed by atoms with Crippen molar-refractivity contribution >= 4 is 32.3 Å². The van der Waals surface area contributed by atoms with Gasteiger partial charge in [0.25, 0.3) is 0 Å². The van der Waals surface area contributed by atoms with Gasteiger partial charge in [0.1, 0.15) is 0 Å². The fourth-order valence-electron chi connectivity index (χ4n) is 9.15. The molecule has 0 aromatic heterocycles. The molecule has 0 amide bonds. The van der Waals surface area contributed by atoms with Crippen LogP contribution < -0.4 is 18.9 Å². The quantitative estimate of drug-likeness (QED) is 0.0731. The Morgan fingerprint density at radius 2 is 0.758 bits per heavy atom. The van der Waals surface area contributed by atoms with Crippen LogP contribution in [0.25, 0.3) is 76.8 Å². The molecular weight excluding hydrogens is 825 g/mol. The number of phenols is 2. The van der Waals surface area contributed by atoms with E-state index in [4.69, 9.17) is 28.4 Å². The molecule has 8 heteroatoms. The van der Waals surface area contributed by atoms with Crippen molar-refractivity contribution in [3.63, 3.8) is 0 Å². The number of aromatic hydroxyl groups is 2. The SMILES string of the molecule is CCCCc1ccc2c(-c3ccc(-c4c(OCC)c(OCC)c(-c5ccc(-c6c(OCOC)c(O)cc7cc(CCCC)ccc67)cc5)c5ccccc45)cc3)c(OCOC)c(O)cc2c1. The summed E-state index contributed by atoms with van der Waals surface area (Å²) in [6.45, 7) is 9.20. The Morgan fingerprint density at radius 1 is 0.394 bits per heavy atom. The standard InChI is InChI=1S/C58H60O8/c1-7-11-15-37-19-29-45-43(31-37)33-49(59)55(65-35-61-5)51(45)39-21-25-41(26-22-39)53-47-17-13-14-18-48(47)54(58(64-10-4)57(53)63-9-3)42-27-23-40(24-28-42)52-46-30-20-38(16-12-8-2)32-44(46)34-50(60)56(52)66-36-62-6/h13-14,17-34,59-60H,7-12,15-16,35-36H2,1-6H3. The molecule has 0 radical (unpaired) electrons. The zero-order valence-electron chi connectivity index (χ0n) is 39.0. The van der Waals surface area contributed by atoms with Gasteiger partial charge in [0.05, 0.1) is 13.2 Å². The number of ether oxygens (including phenoxy) is 6. The van der Waals surface area contributed by atoms with Crippen LogP contribution in [-0.4, -0.2) is 51.2 Å². The first-order valence-corrected chi connectivity index (χ1v) is 23.2. The first-order valence-electron chi connectivity index (χ1n) is 23.2. The van der Waals surface area contributed by atoms with E-state index in [1.165, 1.54) is 11.1 Å². The molecule has 8 aromatic carbocycles. The van der Waals surface area contributed by atoms with Gasteiger partial charge in [-0.05, 0) is 117 Å². The maximum absolute atomic E-state index is 11.4. The van der Waals surface area contributed by atoms with Crippen molar-refractivity contribution in [3.05, 3.63) is 132 Å². The van der Waals surface area contributed by atoms with E-state index in [2.05, 4.69) is 123 Å². The molecule has 0 aliphatic carbocycles. The fourth-order valence-corrected chi connectivity index (χ4v) is 9.15. The third-order valence-corrected chi connectivity index (χ3v) is 12.2. The second-order valence-corrected chi connectivity index (χ2v) is 16.6. The average molecular weight is 885 g/mol. The summed E-state index contributed by atoms with van der Waals surface area (Å²) in [5.41, 5.74) is 9.59. The van der Waals surface area contributed by atoms with Crippen LogP contribution in [0.5, 0.6) is 34.5 Å². The van der Waals surface area contributed by atoms with Crippen LogP contribution in [0, 0.1) is 0 Å². The zero-order chi connectivity index (χ0) is 46.2. The lowest BCUT2D eigenvalue weighted by atomic mass is 9.88. The summed E-state index contributed by atoms with van der Waals surface area (Å²) in [6, 6.07) is 41.6. The fraction of sp³-hybridized carbons (Fsp3) is 0.276. The lowest BCUT2D eigenvalue weighted by Crippen LogP contribution is -2.04. The van der Waals surface area contributed by atoms with Gasteiger partial charge >= 0.3 is 0 Å². The Kier molecular flexibility index (Phi) is 14.6. The van der Waals surface area contributed by atoms with Gasteiger partial charge in [0.2, 0.25) is 0 Å². The molecule has 0 atom stereocenters. The van der Waals surface area contributed by atoms with Crippen molar-refractivity contribution in [1.29, 1.82) is 0 Å². The number of benzene rings is 8. The summed E-state index contributed by atoms with van der Waals surface area (Å²) >= 11 is 0. The second kappa shape index (κ2) is 21.0. The van der Waals surface area contributed by atoms with Gasteiger partial charge in [-0.2, -0.15) is 0 Å². The average Bonchev–Trinajstić information content (AvgIpc) is 3.34. The van der Waals surface area contributed by atoms with E-state index in [-0.39, 0.29) is 25.1 Å². The zero-order valence-corrected chi connectivity index (χ0v) is 39.0. The molecular formula is C58H60O8. The molecule has 340 valence electrons. The minimum atomic E-state index is -0.00568. The summed E-state index contributed by atoms with van der Waals surface area (Å²) in [4.78, 5) is 0. The van der Waals surface area contributed by atoms with Crippen molar-refractivity contribution in [3.8, 4) is 79.0 Å². The number of hydrogen-bond donors (Lipinski definition) is 2. The van der Waals surface area contributed by atoms with Crippen LogP contribution in [0.15, 0.2) is 121 Å². The highest BCUT2D eigenvalue weighted by molar-refractivity contribution is 6.11. The molecule has 8 aromatic rings. The minimum absolute atomic E-state index is 0.00568. The molecule has 8 rings (SSSR count). The predicted octanol–water partition coefficient (Wildman–Crippen LogP) is 14.7. The van der Waals surface area contributed by atoms with Crippen LogP contribution in [0.3, 0.4) is 0 Å². The normalized spacial score (nSPS) is 11.4. The van der Waals surface area contributed by atoms with Crippen molar-refractivity contribution in [2.45, 2.75) is 66.2 Å². The minimum Gasteiger partial charge on any atom is -0.504 e. The van der Waals surface area contributed by atoms with Crippen LogP contribution in [0.2, 0.25) is 0 Å². The maximum atomic E-state index is 11.4. The Hall–Kier alpha value is -6.74. The molecule has 0 fully saturated rings. The molecule has 0 saturated heterocycles. The number of methoxy groups -OCH3 is 2. The number of phenolic OH excluding ortho intramolecular Hbond substituents is 2. The number of hydrogen-bond acceptors (Lipinski definition) is 8. The van der Waals surface area contributed by atoms with Crippen LogP contribution in [0.4, 0.5) is 0 Å². The summed E-state index contributed by atoms with van der Waals surface area (Å²) in [5.74, 6) is 2.19. The molecule has 0 unspecified atom stereocenters. The number of aryl methyl sites for hydroxylation is 2. The number of unbranched alkanes of at least 4 members (excludes halogenated alkanes) is 2. The van der Waals surface area contributed by atoms with Gasteiger partial charge in [-0.3, -0.25) is 0 Å². The van der Waals surface area contributed by atoms with Crippen molar-refractivity contribution in [1.82, 2.24) is 0 Å². The number of rotatable bonds is 20. The van der Waals surface area contributed by atoms with Gasteiger partial charge in [-0.25, -0.2) is 0 Å². The van der Waals surface area contributed by atoms with E-state index in [1.807, 2.05) is 13.8 Å². The van der Waals surface area contributed by atoms with Crippen molar-refractivity contribution < 1.29 is 38.6 Å². The molecule has 0 aliphatic heterocycles. The van der Waals surface area contributed by atoms with Gasteiger partial charge in [0.15, 0.2) is 48.1 Å². The highest BCUT2D eigenvalue weighted by Gasteiger charge is 2.26. The topological polar surface area (TPSA) is 95.8 Å². The largest absolute Gasteiger partial charge is 0.504 e. The highest BCUT2D eigenvalue weighted by atomic mass is 16.7. The summed E-state index contributed by atoms with van der Waals surface area (Å²) < 4.78 is 36.0. The molecule has 8 nitrogen and oxygen atoms in total. The lowest BCUT2D eigenvalue weighted by molar-refractivity contribution is 0.0496. The van der Waals surface area contributed by atoms with E-state index in [0.717, 1.165) is 115 Å². The van der Waals surface area contributed by atoms with Crippen LogP contribution in [0.1, 0.15) is 64.5 Å². The van der Waals surface area contributed by atoms with E-state index in [0.29, 0.717) is 36.2 Å². The van der Waals surface area contributed by atoms with Gasteiger partial charge in [0, 0.05) is 36.5 Å². The molecule has 0 bridgehead atoms. The molecule has 0 heterocycles. The third-order valence-electron chi connectivity index (χ3n) is 12.2. The summed E-state index contributed by atoms with van der Waals surface area (Å²) in [5, 5.41) is 28.6. The summed E-state index contributed by atoms with van der Waals surface area (Å²) in [7, 11) is 3.14. The van der Waals surface area contributed by atoms with E-state index < -0.39 is 0 Å². The van der Waals surface area contributed by atoms with Crippen molar-refractivity contribution in [2.75, 3.05) is 41.0 Å². The maximum Gasteiger partial charge on any atom is 0.188 e. The smallest absolute Gasteiger partial charge is 0.188 e. The molecule has 2 N–H and O–H groups in total. The molecule has 0 aliphatic rings. The van der Waals surface area contributed by atoms with Crippen molar-refractivity contribution in [2.24, 2.45) is 0 Å². The molecule has 0 spiro atoms. The predicted molar refractivity (Wildman–Crippen MR) is 269 cm³/mol. The van der Waals surface area contributed by atoms with E-state index in [1.54, 1.807) is 26.4 Å². The summed E-state index contributed by atoms with van der Waals surface area (Å²) in [6.07, 6.45) is 6.37. The Balaban J connectivity index is 1.26. The van der Waals surface area contributed by atoms with E-state index >= 15 is 0 Å². The monoisotopic (exact) mass is 884 g/mol.